The van der Waals surface area contributed by atoms with Crippen LogP contribution in [0, 0.1) is 0 Å². The number of aryl methyl sites for hydroxylation is 2. The maximum atomic E-state index is 11.8. The summed E-state index contributed by atoms with van der Waals surface area (Å²) in [5.74, 6) is -0.964. The van der Waals surface area contributed by atoms with Crippen LogP contribution in [0.5, 0.6) is 5.75 Å². The molecule has 4 rings (SSSR count). The number of hydrogen-bond donors (Lipinski definition) is 3. The number of carbonyl (C=O) groups is 2. The highest BCUT2D eigenvalue weighted by molar-refractivity contribution is 7.13. The number of carbonyl (C=O) groups excluding carboxylic acids is 2. The highest BCUT2D eigenvalue weighted by Gasteiger charge is 2.21. The van der Waals surface area contributed by atoms with E-state index in [0.29, 0.717) is 18.8 Å². The van der Waals surface area contributed by atoms with Crippen molar-refractivity contribution in [1.82, 2.24) is 35.6 Å². The SMILES string of the molecule is C[n+]1cc(-c2ccc(OC[C@H](O/N=C(\C(=O)[O-])c3csc(N)n3)c3nn[nH]n3)cc2)cn1CCCNC(=O)OC(C)(C)C. The Hall–Kier alpha value is -5.06. The number of carboxylic acid groups (broad SMARTS) is 1. The number of rotatable bonds is 13. The molecular weight excluding hydrogens is 580 g/mol. The number of aromatic amines is 1. The molecule has 3 aromatic heterocycles. The first kappa shape index (κ1) is 30.9. The topological polar surface area (TPSA) is 211 Å². The Bertz CT molecular complexity index is 1540. The lowest BCUT2D eigenvalue weighted by Crippen LogP contribution is -2.39. The van der Waals surface area contributed by atoms with E-state index in [1.54, 1.807) is 12.1 Å². The van der Waals surface area contributed by atoms with Crippen LogP contribution in [-0.2, 0) is 28.0 Å². The third kappa shape index (κ3) is 8.96. The molecule has 1 aromatic carbocycles. The summed E-state index contributed by atoms with van der Waals surface area (Å²) in [6.07, 6.45) is 3.32. The number of nitrogens with one attached hydrogen (secondary N) is 2. The molecule has 228 valence electrons. The molecule has 3 heterocycles. The molecule has 0 aliphatic rings. The molecule has 0 spiro atoms. The second-order valence-corrected chi connectivity index (χ2v) is 11.1. The fourth-order valence-corrected chi connectivity index (χ4v) is 4.30. The number of alkyl carbamates (subject to hydrolysis) is 1. The van der Waals surface area contributed by atoms with Crippen LogP contribution in [-0.4, -0.2) is 66.8 Å². The minimum Gasteiger partial charge on any atom is -0.543 e. The van der Waals surface area contributed by atoms with Crippen LogP contribution in [0.2, 0.25) is 0 Å². The summed E-state index contributed by atoms with van der Waals surface area (Å²) >= 11 is 1.05. The number of tetrazole rings is 1. The number of aromatic nitrogens is 7. The van der Waals surface area contributed by atoms with E-state index in [1.807, 2.05) is 61.7 Å². The quantitative estimate of drug-likeness (QED) is 0.0829. The van der Waals surface area contributed by atoms with Crippen LogP contribution < -0.4 is 25.6 Å². The van der Waals surface area contributed by atoms with Crippen LogP contribution >= 0.6 is 11.3 Å². The van der Waals surface area contributed by atoms with E-state index >= 15 is 0 Å². The van der Waals surface area contributed by atoms with Crippen molar-refractivity contribution in [3.05, 3.63) is 53.6 Å². The van der Waals surface area contributed by atoms with Gasteiger partial charge in [0.1, 0.15) is 23.7 Å². The first-order valence-electron chi connectivity index (χ1n) is 13.1. The number of nitrogens with two attached hydrogens (primary N) is 1. The molecule has 0 aliphatic heterocycles. The zero-order valence-corrected chi connectivity index (χ0v) is 24.8. The lowest BCUT2D eigenvalue weighted by molar-refractivity contribution is -0.753. The monoisotopic (exact) mass is 612 g/mol. The molecule has 0 unspecified atom stereocenters. The van der Waals surface area contributed by atoms with E-state index < -0.39 is 29.5 Å². The molecule has 0 radical (unpaired) electrons. The molecule has 4 aromatic rings. The minimum absolute atomic E-state index is 0.00516. The van der Waals surface area contributed by atoms with Gasteiger partial charge in [-0.15, -0.1) is 26.2 Å². The number of ether oxygens (including phenoxy) is 2. The Balaban J connectivity index is 1.34. The molecule has 0 saturated carbocycles. The lowest BCUT2D eigenvalue weighted by Gasteiger charge is -2.19. The van der Waals surface area contributed by atoms with Gasteiger partial charge in [-0.2, -0.15) is 9.90 Å². The van der Waals surface area contributed by atoms with Crippen molar-refractivity contribution in [2.24, 2.45) is 12.2 Å². The summed E-state index contributed by atoms with van der Waals surface area (Å²) < 4.78 is 15.1. The molecule has 43 heavy (non-hydrogen) atoms. The third-order valence-electron chi connectivity index (χ3n) is 5.72. The Morgan fingerprint density at radius 3 is 2.65 bits per heavy atom. The van der Waals surface area contributed by atoms with Gasteiger partial charge in [-0.3, -0.25) is 0 Å². The molecule has 1 atom stereocenters. The van der Waals surface area contributed by atoms with Crippen LogP contribution in [0.25, 0.3) is 11.1 Å². The first-order chi connectivity index (χ1) is 20.5. The van der Waals surface area contributed by atoms with Crippen LogP contribution in [0.1, 0.15) is 44.8 Å². The van der Waals surface area contributed by atoms with Gasteiger partial charge in [0.25, 0.3) is 0 Å². The van der Waals surface area contributed by atoms with Crippen molar-refractivity contribution in [2.75, 3.05) is 18.9 Å². The number of nitrogen functional groups attached to an aromatic ring is 1. The summed E-state index contributed by atoms with van der Waals surface area (Å²) in [5.41, 5.74) is 6.48. The second-order valence-electron chi connectivity index (χ2n) is 10.2. The van der Waals surface area contributed by atoms with Crippen LogP contribution in [0.4, 0.5) is 9.93 Å². The summed E-state index contributed by atoms with van der Waals surface area (Å²) in [7, 11) is 1.94. The molecule has 16 nitrogen and oxygen atoms in total. The van der Waals surface area contributed by atoms with Gasteiger partial charge in [0.2, 0.25) is 18.1 Å². The number of thiazole rings is 1. The third-order valence-corrected chi connectivity index (χ3v) is 6.39. The molecule has 0 saturated heterocycles. The van der Waals surface area contributed by atoms with Gasteiger partial charge in [0.05, 0.1) is 24.3 Å². The van der Waals surface area contributed by atoms with Gasteiger partial charge in [-0.25, -0.2) is 9.78 Å². The Morgan fingerprint density at radius 1 is 1.26 bits per heavy atom. The number of benzene rings is 1. The molecule has 1 amide bonds. The highest BCUT2D eigenvalue weighted by atomic mass is 32.1. The van der Waals surface area contributed by atoms with E-state index in [1.165, 1.54) is 5.38 Å². The average molecular weight is 613 g/mol. The predicted octanol–water partition coefficient (Wildman–Crippen LogP) is 0.737. The van der Waals surface area contributed by atoms with E-state index in [9.17, 15) is 14.7 Å². The first-order valence-corrected chi connectivity index (χ1v) is 14.0. The van der Waals surface area contributed by atoms with Crippen molar-refractivity contribution < 1.29 is 33.7 Å². The van der Waals surface area contributed by atoms with Crippen molar-refractivity contribution in [3.8, 4) is 16.9 Å². The molecule has 0 aliphatic carbocycles. The van der Waals surface area contributed by atoms with Gasteiger partial charge in [-0.1, -0.05) is 22.5 Å². The predicted molar refractivity (Wildman–Crippen MR) is 151 cm³/mol. The summed E-state index contributed by atoms with van der Waals surface area (Å²) in [6.45, 7) is 6.55. The standard InChI is InChI=1S/C26H32N10O6S/c1-26(2,3)41-25(39)28-10-5-11-36-13-17(12-35(36)4)16-6-8-18(9-7-16)40-14-20(22-30-33-34-31-22)42-32-21(23(37)38)19-15-43-24(27)29-19/h6-9,12-13,15,20H,5,10-11,14H2,1-4H3,(H4-,27,28,29,30,31,33,34,37,38,39)/b32-21-/t20-/m0/s1. The van der Waals surface area contributed by atoms with Gasteiger partial charge >= 0.3 is 6.09 Å². The molecule has 17 heteroatoms. The lowest BCUT2D eigenvalue weighted by atomic mass is 10.1. The summed E-state index contributed by atoms with van der Waals surface area (Å²) in [5, 5.41) is 33.3. The van der Waals surface area contributed by atoms with Gasteiger partial charge in [0.15, 0.2) is 17.9 Å². The molecule has 0 fully saturated rings. The second kappa shape index (κ2) is 13.7. The van der Waals surface area contributed by atoms with E-state index in [0.717, 1.165) is 28.9 Å². The Labute approximate surface area is 250 Å². The van der Waals surface area contributed by atoms with Crippen LogP contribution in [0.3, 0.4) is 0 Å². The van der Waals surface area contributed by atoms with Crippen molar-refractivity contribution in [2.45, 2.75) is 45.4 Å². The fraction of sp³-hybridized carbons (Fsp3) is 0.385. The van der Waals surface area contributed by atoms with E-state index in [4.69, 9.17) is 20.0 Å². The Kier molecular flexibility index (Phi) is 9.87. The van der Waals surface area contributed by atoms with Crippen molar-refractivity contribution in [1.29, 1.82) is 0 Å². The number of hydrogen-bond acceptors (Lipinski definition) is 13. The zero-order valence-electron chi connectivity index (χ0n) is 24.0. The van der Waals surface area contributed by atoms with E-state index in [-0.39, 0.29) is 23.3 Å². The van der Waals surface area contributed by atoms with Crippen LogP contribution in [0.15, 0.2) is 47.2 Å². The normalized spacial score (nSPS) is 12.5. The average Bonchev–Trinajstić information content (AvgIpc) is 3.70. The number of carboxylic acids is 1. The smallest absolute Gasteiger partial charge is 0.407 e. The van der Waals surface area contributed by atoms with Gasteiger partial charge < -0.3 is 35.3 Å². The minimum atomic E-state index is -1.59. The maximum absolute atomic E-state index is 11.8. The highest BCUT2D eigenvalue weighted by Crippen LogP contribution is 2.23. The summed E-state index contributed by atoms with van der Waals surface area (Å²) in [4.78, 5) is 32.7. The van der Waals surface area contributed by atoms with Crippen molar-refractivity contribution in [3.63, 3.8) is 0 Å². The number of nitrogens with zero attached hydrogens (tertiary/aromatic N) is 7. The number of oxime groups is 1. The van der Waals surface area contributed by atoms with Gasteiger partial charge in [0, 0.05) is 11.9 Å². The number of aliphatic carboxylic acids is 1. The number of H-pyrrole nitrogens is 1. The largest absolute Gasteiger partial charge is 0.543 e. The zero-order chi connectivity index (χ0) is 31.0. The summed E-state index contributed by atoms with van der Waals surface area (Å²) in [6, 6.07) is 7.39. The number of anilines is 1. The molecular formula is C26H32N10O6S. The fourth-order valence-electron chi connectivity index (χ4n) is 3.75. The van der Waals surface area contributed by atoms with E-state index in [2.05, 4.69) is 36.1 Å². The maximum Gasteiger partial charge on any atom is 0.407 e. The Morgan fingerprint density at radius 2 is 2.02 bits per heavy atom. The number of amides is 1. The van der Waals surface area contributed by atoms with Crippen molar-refractivity contribution >= 4 is 34.2 Å². The molecule has 4 N–H and O–H groups in total. The molecule has 0 bridgehead atoms. The van der Waals surface area contributed by atoms with Gasteiger partial charge in [-0.05, 0) is 44.9 Å².